The van der Waals surface area contributed by atoms with E-state index in [2.05, 4.69) is 65.2 Å². The number of rotatable bonds is 5. The van der Waals surface area contributed by atoms with E-state index in [1.807, 2.05) is 10.9 Å². The van der Waals surface area contributed by atoms with Gasteiger partial charge in [-0.25, -0.2) is 0 Å². The third-order valence-electron chi connectivity index (χ3n) is 3.51. The van der Waals surface area contributed by atoms with Gasteiger partial charge in [-0.15, -0.1) is 5.10 Å². The summed E-state index contributed by atoms with van der Waals surface area (Å²) in [6.07, 6.45) is 4.12. The maximum absolute atomic E-state index is 4.24. The predicted octanol–water partition coefficient (Wildman–Crippen LogP) is 4.11. The third-order valence-corrected chi connectivity index (χ3v) is 4.40. The van der Waals surface area contributed by atoms with E-state index in [-0.39, 0.29) is 0 Å². The minimum Gasteiger partial charge on any atom is -0.253 e. The van der Waals surface area contributed by atoms with Gasteiger partial charge in [-0.1, -0.05) is 40.2 Å². The summed E-state index contributed by atoms with van der Waals surface area (Å²) >= 11 is 3.55. The summed E-state index contributed by atoms with van der Waals surface area (Å²) in [7, 11) is 0. The number of hydrogen-bond acceptors (Lipinski definition) is 2. The van der Waals surface area contributed by atoms with Gasteiger partial charge < -0.3 is 0 Å². The Labute approximate surface area is 123 Å². The summed E-state index contributed by atoms with van der Waals surface area (Å²) in [4.78, 5) is 0. The van der Waals surface area contributed by atoms with Crippen LogP contribution in [-0.4, -0.2) is 15.0 Å². The highest BCUT2D eigenvalue weighted by molar-refractivity contribution is 9.10. The Morgan fingerprint density at radius 1 is 1.32 bits per heavy atom. The van der Waals surface area contributed by atoms with Gasteiger partial charge in [0.2, 0.25) is 0 Å². The van der Waals surface area contributed by atoms with Gasteiger partial charge in [0.25, 0.3) is 0 Å². The Bertz CT molecular complexity index is 548. The van der Waals surface area contributed by atoms with E-state index < -0.39 is 0 Å². The van der Waals surface area contributed by atoms with Crippen LogP contribution in [0.15, 0.2) is 28.9 Å². The molecule has 1 atom stereocenters. The normalized spacial score (nSPS) is 12.6. The van der Waals surface area contributed by atoms with Crippen molar-refractivity contribution in [2.45, 2.75) is 46.1 Å². The minimum atomic E-state index is 0.508. The van der Waals surface area contributed by atoms with Crippen LogP contribution in [0, 0.1) is 6.92 Å². The van der Waals surface area contributed by atoms with Crippen molar-refractivity contribution in [3.05, 3.63) is 45.7 Å². The Morgan fingerprint density at radius 2 is 2.11 bits per heavy atom. The molecule has 1 aromatic carbocycles. The Hall–Kier alpha value is -1.16. The van der Waals surface area contributed by atoms with Crippen LogP contribution in [0.5, 0.6) is 0 Å². The second kappa shape index (κ2) is 6.33. The molecule has 0 N–H and O–H groups in total. The fourth-order valence-electron chi connectivity index (χ4n) is 2.26. The van der Waals surface area contributed by atoms with Crippen molar-refractivity contribution in [3.8, 4) is 0 Å². The molecule has 102 valence electrons. The van der Waals surface area contributed by atoms with Crippen molar-refractivity contribution < 1.29 is 0 Å². The van der Waals surface area contributed by atoms with Crippen LogP contribution < -0.4 is 0 Å². The van der Waals surface area contributed by atoms with Crippen molar-refractivity contribution in [2.75, 3.05) is 0 Å². The van der Waals surface area contributed by atoms with Gasteiger partial charge in [0.1, 0.15) is 0 Å². The lowest BCUT2D eigenvalue weighted by atomic mass is 9.91. The molecule has 2 aromatic rings. The molecule has 0 aliphatic rings. The zero-order valence-corrected chi connectivity index (χ0v) is 13.3. The molecular weight excluding hydrogens is 302 g/mol. The first-order chi connectivity index (χ1) is 9.13. The van der Waals surface area contributed by atoms with Crippen LogP contribution in [0.4, 0.5) is 0 Å². The van der Waals surface area contributed by atoms with E-state index >= 15 is 0 Å². The molecule has 19 heavy (non-hydrogen) atoms. The van der Waals surface area contributed by atoms with E-state index in [0.717, 1.165) is 25.1 Å². The summed E-state index contributed by atoms with van der Waals surface area (Å²) in [6, 6.07) is 6.61. The van der Waals surface area contributed by atoms with Gasteiger partial charge in [0.05, 0.1) is 5.69 Å². The molecule has 1 aromatic heterocycles. The zero-order valence-electron chi connectivity index (χ0n) is 11.7. The first-order valence-electron chi connectivity index (χ1n) is 6.79. The quantitative estimate of drug-likeness (QED) is 0.829. The van der Waals surface area contributed by atoms with Crippen molar-refractivity contribution in [1.82, 2.24) is 15.0 Å². The highest BCUT2D eigenvalue weighted by Crippen LogP contribution is 2.27. The monoisotopic (exact) mass is 321 g/mol. The van der Waals surface area contributed by atoms with Crippen LogP contribution in [0.2, 0.25) is 0 Å². The molecule has 0 bridgehead atoms. The van der Waals surface area contributed by atoms with Gasteiger partial charge in [-0.05, 0) is 49.8 Å². The van der Waals surface area contributed by atoms with E-state index in [9.17, 15) is 0 Å². The molecule has 0 spiro atoms. The van der Waals surface area contributed by atoms with Gasteiger partial charge in [-0.2, -0.15) is 0 Å². The second-order valence-corrected chi connectivity index (χ2v) is 5.74. The van der Waals surface area contributed by atoms with Crippen LogP contribution in [0.3, 0.4) is 0 Å². The molecule has 0 fully saturated rings. The predicted molar refractivity (Wildman–Crippen MR) is 81.3 cm³/mol. The molecule has 0 aliphatic carbocycles. The molecule has 1 heterocycles. The van der Waals surface area contributed by atoms with Gasteiger partial charge in [-0.3, -0.25) is 4.68 Å². The first kappa shape index (κ1) is 14.3. The molecule has 0 amide bonds. The average Bonchev–Trinajstić information content (AvgIpc) is 2.87. The molecule has 3 nitrogen and oxygen atoms in total. The summed E-state index contributed by atoms with van der Waals surface area (Å²) in [5, 5.41) is 8.35. The Morgan fingerprint density at radius 3 is 2.68 bits per heavy atom. The Kier molecular flexibility index (Phi) is 4.75. The van der Waals surface area contributed by atoms with Crippen molar-refractivity contribution in [3.63, 3.8) is 0 Å². The van der Waals surface area contributed by atoms with Crippen LogP contribution in [-0.2, 0) is 13.0 Å². The molecular formula is C15H20BrN3. The minimum absolute atomic E-state index is 0.508. The van der Waals surface area contributed by atoms with Gasteiger partial charge in [0.15, 0.2) is 0 Å². The average molecular weight is 322 g/mol. The number of aryl methyl sites for hydroxylation is 2. The van der Waals surface area contributed by atoms with Crippen LogP contribution >= 0.6 is 15.9 Å². The maximum Gasteiger partial charge on any atom is 0.0833 e. The van der Waals surface area contributed by atoms with E-state index in [0.29, 0.717) is 5.92 Å². The summed E-state index contributed by atoms with van der Waals surface area (Å²) in [6.45, 7) is 7.31. The first-order valence-corrected chi connectivity index (χ1v) is 7.58. The Balaban J connectivity index is 2.17. The fraction of sp³-hybridized carbons (Fsp3) is 0.467. The molecule has 2 rings (SSSR count). The molecule has 0 radical (unpaired) electrons. The highest BCUT2D eigenvalue weighted by atomic mass is 79.9. The molecule has 0 saturated heterocycles. The van der Waals surface area contributed by atoms with Crippen molar-refractivity contribution in [1.29, 1.82) is 0 Å². The smallest absolute Gasteiger partial charge is 0.0833 e. The molecule has 1 unspecified atom stereocenters. The lowest BCUT2D eigenvalue weighted by Gasteiger charge is -2.15. The number of aromatic nitrogens is 3. The number of hydrogen-bond donors (Lipinski definition) is 0. The third kappa shape index (κ3) is 3.44. The number of halogens is 1. The summed E-state index contributed by atoms with van der Waals surface area (Å²) < 4.78 is 3.05. The fourth-order valence-corrected chi connectivity index (χ4v) is 2.51. The second-order valence-electron chi connectivity index (χ2n) is 4.88. The van der Waals surface area contributed by atoms with E-state index in [1.165, 1.54) is 15.6 Å². The van der Waals surface area contributed by atoms with Crippen molar-refractivity contribution in [2.24, 2.45) is 0 Å². The SMILES string of the molecule is CCC(Cc1cn(CC)nn1)c1ccc(Br)c(C)c1. The standard InChI is InChI=1S/C15H20BrN3/c1-4-12(9-14-10-19(5-2)18-17-14)13-6-7-15(16)11(3)8-13/h6-8,10,12H,4-5,9H2,1-3H3. The van der Waals surface area contributed by atoms with E-state index in [1.54, 1.807) is 0 Å². The maximum atomic E-state index is 4.24. The number of nitrogens with zero attached hydrogens (tertiary/aromatic N) is 3. The highest BCUT2D eigenvalue weighted by Gasteiger charge is 2.13. The molecule has 0 saturated carbocycles. The summed E-state index contributed by atoms with van der Waals surface area (Å²) in [5.41, 5.74) is 3.75. The topological polar surface area (TPSA) is 30.7 Å². The number of benzene rings is 1. The molecule has 0 aliphatic heterocycles. The van der Waals surface area contributed by atoms with Gasteiger partial charge in [0, 0.05) is 17.2 Å². The largest absolute Gasteiger partial charge is 0.253 e. The van der Waals surface area contributed by atoms with Crippen molar-refractivity contribution >= 4 is 15.9 Å². The lowest BCUT2D eigenvalue weighted by molar-refractivity contribution is 0.624. The van der Waals surface area contributed by atoms with E-state index in [4.69, 9.17) is 0 Å². The van der Waals surface area contributed by atoms with Crippen LogP contribution in [0.25, 0.3) is 0 Å². The summed E-state index contributed by atoms with van der Waals surface area (Å²) in [5.74, 6) is 0.508. The zero-order chi connectivity index (χ0) is 13.8. The lowest BCUT2D eigenvalue weighted by Crippen LogP contribution is -2.03. The van der Waals surface area contributed by atoms with Gasteiger partial charge >= 0.3 is 0 Å². The van der Waals surface area contributed by atoms with Crippen LogP contribution in [0.1, 0.15) is 43.0 Å². The molecule has 4 heteroatoms.